The summed E-state index contributed by atoms with van der Waals surface area (Å²) in [6.45, 7) is 1.90. The fourth-order valence-electron chi connectivity index (χ4n) is 1.46. The van der Waals surface area contributed by atoms with Crippen LogP contribution in [0.4, 0.5) is 4.79 Å². The van der Waals surface area contributed by atoms with Gasteiger partial charge < -0.3 is 9.26 Å². The number of alkyl carbamates (subject to hydrolysis) is 1. The number of hydrogen-bond acceptors (Lipinski definition) is 5. The van der Waals surface area contributed by atoms with Crippen molar-refractivity contribution >= 4 is 34.3 Å². The van der Waals surface area contributed by atoms with Crippen molar-refractivity contribution in [1.82, 2.24) is 10.1 Å². The molecule has 0 aliphatic rings. The minimum Gasteiger partial charge on any atom is -0.450 e. The molecule has 7 heteroatoms. The van der Waals surface area contributed by atoms with Gasteiger partial charge in [-0.05, 0) is 31.3 Å². The van der Waals surface area contributed by atoms with Crippen LogP contribution in [0, 0.1) is 0 Å². The second-order valence-electron chi connectivity index (χ2n) is 3.34. The number of nitrogens with zero attached hydrogens (tertiary/aromatic N) is 1. The molecule has 18 heavy (non-hydrogen) atoms. The summed E-state index contributed by atoms with van der Waals surface area (Å²) in [5.74, 6) is 0. The molecule has 1 aromatic heterocycles. The summed E-state index contributed by atoms with van der Waals surface area (Å²) in [5.41, 5.74) is -0.0251. The van der Waals surface area contributed by atoms with Gasteiger partial charge in [0.05, 0.1) is 17.5 Å². The molecule has 6 nitrogen and oxygen atoms in total. The molecule has 1 N–H and O–H groups in total. The van der Waals surface area contributed by atoms with Gasteiger partial charge in [-0.2, -0.15) is 0 Å². The van der Waals surface area contributed by atoms with Crippen molar-refractivity contribution in [3.63, 3.8) is 0 Å². The van der Waals surface area contributed by atoms with Crippen molar-refractivity contribution in [1.29, 1.82) is 0 Å². The minimum atomic E-state index is -0.692. The van der Waals surface area contributed by atoms with E-state index in [2.05, 4.69) is 10.1 Å². The SMILES string of the molecule is CCOC(=O)NC(=S)n1oc(=O)c2ccccc21. The summed E-state index contributed by atoms with van der Waals surface area (Å²) in [7, 11) is 0. The highest BCUT2D eigenvalue weighted by Gasteiger charge is 2.14. The van der Waals surface area contributed by atoms with Crippen molar-refractivity contribution in [3.8, 4) is 0 Å². The summed E-state index contributed by atoms with van der Waals surface area (Å²) in [5, 5.41) is 2.65. The van der Waals surface area contributed by atoms with E-state index in [9.17, 15) is 9.59 Å². The van der Waals surface area contributed by atoms with E-state index in [1.165, 1.54) is 0 Å². The molecule has 0 aliphatic carbocycles. The average Bonchev–Trinajstić information content (AvgIpc) is 2.68. The number of para-hydroxylation sites is 1. The first-order valence-corrected chi connectivity index (χ1v) is 5.63. The molecular weight excluding hydrogens is 256 g/mol. The van der Waals surface area contributed by atoms with E-state index in [4.69, 9.17) is 16.7 Å². The predicted molar refractivity (Wildman–Crippen MR) is 68.6 cm³/mol. The van der Waals surface area contributed by atoms with Crippen LogP contribution in [0.25, 0.3) is 10.9 Å². The Morgan fingerprint density at radius 3 is 2.94 bits per heavy atom. The Bertz CT molecular complexity index is 658. The van der Waals surface area contributed by atoms with Crippen LogP contribution in [-0.4, -0.2) is 22.6 Å². The van der Waals surface area contributed by atoms with Gasteiger partial charge in [-0.25, -0.2) is 9.59 Å². The van der Waals surface area contributed by atoms with Gasteiger partial charge >= 0.3 is 11.7 Å². The van der Waals surface area contributed by atoms with E-state index in [0.717, 1.165) is 4.74 Å². The Morgan fingerprint density at radius 1 is 1.50 bits per heavy atom. The molecule has 0 fully saturated rings. The smallest absolute Gasteiger partial charge is 0.413 e. The zero-order valence-electron chi connectivity index (χ0n) is 9.50. The number of ether oxygens (including phenoxy) is 1. The summed E-state index contributed by atoms with van der Waals surface area (Å²) in [4.78, 5) is 22.7. The molecule has 1 aromatic carbocycles. The number of carbonyl (C=O) groups is 1. The Balaban J connectivity index is 2.34. The van der Waals surface area contributed by atoms with E-state index >= 15 is 0 Å². The van der Waals surface area contributed by atoms with Crippen LogP contribution >= 0.6 is 12.2 Å². The van der Waals surface area contributed by atoms with Crippen LogP contribution in [0.1, 0.15) is 6.92 Å². The molecule has 0 bridgehead atoms. The number of thiocarbonyl (C=S) groups is 1. The largest absolute Gasteiger partial charge is 0.450 e. The molecule has 0 atom stereocenters. The van der Waals surface area contributed by atoms with Crippen molar-refractivity contribution in [2.45, 2.75) is 6.92 Å². The third-order valence-corrected chi connectivity index (χ3v) is 2.45. The van der Waals surface area contributed by atoms with Gasteiger partial charge in [0.25, 0.3) is 0 Å². The summed E-state index contributed by atoms with van der Waals surface area (Å²) >= 11 is 4.97. The maximum atomic E-state index is 11.5. The molecule has 0 saturated carbocycles. The lowest BCUT2D eigenvalue weighted by Crippen LogP contribution is -2.34. The molecule has 0 radical (unpaired) electrons. The van der Waals surface area contributed by atoms with Crippen LogP contribution < -0.4 is 10.9 Å². The lowest BCUT2D eigenvalue weighted by molar-refractivity contribution is 0.157. The highest BCUT2D eigenvalue weighted by molar-refractivity contribution is 7.80. The Hall–Kier alpha value is -2.15. The second kappa shape index (κ2) is 5.01. The van der Waals surface area contributed by atoms with Crippen molar-refractivity contribution in [2.24, 2.45) is 0 Å². The van der Waals surface area contributed by atoms with Crippen molar-refractivity contribution in [3.05, 3.63) is 34.7 Å². The molecule has 2 aromatic rings. The van der Waals surface area contributed by atoms with Gasteiger partial charge in [-0.3, -0.25) is 5.32 Å². The first kappa shape index (κ1) is 12.3. The van der Waals surface area contributed by atoms with E-state index in [0.29, 0.717) is 10.9 Å². The van der Waals surface area contributed by atoms with Gasteiger partial charge in [0.2, 0.25) is 5.11 Å². The maximum absolute atomic E-state index is 11.5. The number of fused-ring (bicyclic) bond motifs is 1. The number of nitrogens with one attached hydrogen (secondary N) is 1. The molecular formula is C11H10N2O4S. The van der Waals surface area contributed by atoms with E-state index in [1.807, 2.05) is 0 Å². The van der Waals surface area contributed by atoms with Crippen LogP contribution in [0.2, 0.25) is 0 Å². The van der Waals surface area contributed by atoms with Gasteiger partial charge in [0, 0.05) is 0 Å². The molecule has 94 valence electrons. The van der Waals surface area contributed by atoms with E-state index < -0.39 is 11.7 Å². The third kappa shape index (κ3) is 2.25. The van der Waals surface area contributed by atoms with E-state index in [-0.39, 0.29) is 11.7 Å². The average molecular weight is 266 g/mol. The number of rotatable bonds is 1. The molecule has 2 rings (SSSR count). The predicted octanol–water partition coefficient (Wildman–Crippen LogP) is 1.47. The zero-order valence-corrected chi connectivity index (χ0v) is 10.3. The van der Waals surface area contributed by atoms with Crippen molar-refractivity contribution in [2.75, 3.05) is 6.61 Å². The lowest BCUT2D eigenvalue weighted by atomic mass is 10.2. The number of hydrogen-bond donors (Lipinski definition) is 1. The minimum absolute atomic E-state index is 0.0493. The quantitative estimate of drug-likeness (QED) is 0.791. The number of amides is 1. The highest BCUT2D eigenvalue weighted by atomic mass is 32.1. The standard InChI is InChI=1S/C11H10N2O4S/c1-2-16-11(15)12-10(18)13-8-6-4-3-5-7(8)9(14)17-13/h3-6H,2H2,1H3,(H,12,15,18). The third-order valence-electron chi connectivity index (χ3n) is 2.19. The number of benzene rings is 1. The normalized spacial score (nSPS) is 10.3. The van der Waals surface area contributed by atoms with E-state index in [1.54, 1.807) is 31.2 Å². The second-order valence-corrected chi connectivity index (χ2v) is 3.73. The van der Waals surface area contributed by atoms with Crippen LogP contribution in [0.3, 0.4) is 0 Å². The van der Waals surface area contributed by atoms with Gasteiger partial charge in [0.1, 0.15) is 0 Å². The first-order valence-electron chi connectivity index (χ1n) is 5.22. The Morgan fingerprint density at radius 2 is 2.22 bits per heavy atom. The van der Waals surface area contributed by atoms with Crippen LogP contribution in [-0.2, 0) is 4.74 Å². The summed E-state index contributed by atoms with van der Waals surface area (Å²) in [6.07, 6.45) is -0.692. The fraction of sp³-hybridized carbons (Fsp3) is 0.182. The molecule has 0 saturated heterocycles. The number of carbonyl (C=O) groups excluding carboxylic acids is 1. The monoisotopic (exact) mass is 266 g/mol. The fourth-order valence-corrected chi connectivity index (χ4v) is 1.68. The summed E-state index contributed by atoms with van der Waals surface area (Å²) in [6, 6.07) is 6.73. The first-order chi connectivity index (χ1) is 8.63. The van der Waals surface area contributed by atoms with Crippen molar-refractivity contribution < 1.29 is 14.1 Å². The maximum Gasteiger partial charge on any atom is 0.413 e. The summed E-state index contributed by atoms with van der Waals surface area (Å²) < 4.78 is 10.7. The van der Waals surface area contributed by atoms with Gasteiger partial charge in [-0.1, -0.05) is 12.1 Å². The van der Waals surface area contributed by atoms with Gasteiger partial charge in [0.15, 0.2) is 0 Å². The molecule has 1 amide bonds. The highest BCUT2D eigenvalue weighted by Crippen LogP contribution is 2.10. The molecule has 0 unspecified atom stereocenters. The van der Waals surface area contributed by atoms with Gasteiger partial charge in [-0.15, -0.1) is 4.74 Å². The molecule has 0 spiro atoms. The molecule has 0 aliphatic heterocycles. The zero-order chi connectivity index (χ0) is 13.1. The Labute approximate surface area is 107 Å². The lowest BCUT2D eigenvalue weighted by Gasteiger charge is -2.06. The van der Waals surface area contributed by atoms with Crippen LogP contribution in [0.5, 0.6) is 0 Å². The van der Waals surface area contributed by atoms with Crippen LogP contribution in [0.15, 0.2) is 33.6 Å². The number of aromatic nitrogens is 1. The Kier molecular flexibility index (Phi) is 3.42. The molecule has 1 heterocycles. The topological polar surface area (TPSA) is 73.5 Å².